The van der Waals surface area contributed by atoms with Crippen molar-refractivity contribution in [2.45, 2.75) is 27.2 Å². The maximum absolute atomic E-state index is 3.50. The Hall–Kier alpha value is -1.50. The van der Waals surface area contributed by atoms with Crippen LogP contribution in [0.15, 0.2) is 48.1 Å². The minimum Gasteiger partial charge on any atom is -0.381 e. The van der Waals surface area contributed by atoms with Crippen LogP contribution in [0.25, 0.3) is 5.70 Å². The van der Waals surface area contributed by atoms with E-state index in [1.54, 1.807) is 0 Å². The molecule has 17 heavy (non-hydrogen) atoms. The summed E-state index contributed by atoms with van der Waals surface area (Å²) in [5, 5.41) is 3.50. The molecule has 0 radical (unpaired) electrons. The molecule has 1 N–H and O–H groups in total. The Kier molecular flexibility index (Phi) is 3.37. The van der Waals surface area contributed by atoms with Gasteiger partial charge in [0.25, 0.3) is 0 Å². The Bertz CT molecular complexity index is 432. The molecule has 2 rings (SSSR count). The molecule has 1 aliphatic rings. The number of dihydropyridines is 1. The number of hydrogen-bond acceptors (Lipinski definition) is 1. The summed E-state index contributed by atoms with van der Waals surface area (Å²) in [6, 6.07) is 10.5. The maximum Gasteiger partial charge on any atom is 0.0416 e. The first-order valence-electron chi connectivity index (χ1n) is 6.24. The van der Waals surface area contributed by atoms with Gasteiger partial charge in [0.1, 0.15) is 0 Å². The lowest BCUT2D eigenvalue weighted by Gasteiger charge is -2.24. The monoisotopic (exact) mass is 227 g/mol. The summed E-state index contributed by atoms with van der Waals surface area (Å²) < 4.78 is 0. The highest BCUT2D eigenvalue weighted by Crippen LogP contribution is 2.26. The van der Waals surface area contributed by atoms with E-state index in [1.807, 2.05) is 6.07 Å². The molecule has 1 heterocycles. The van der Waals surface area contributed by atoms with Crippen LogP contribution in [-0.2, 0) is 0 Å². The predicted octanol–water partition coefficient (Wildman–Crippen LogP) is 3.99. The lowest BCUT2D eigenvalue weighted by molar-refractivity contribution is 0.405. The van der Waals surface area contributed by atoms with Gasteiger partial charge in [-0.2, -0.15) is 0 Å². The lowest BCUT2D eigenvalue weighted by Crippen LogP contribution is -2.21. The van der Waals surface area contributed by atoms with Crippen LogP contribution in [0, 0.1) is 5.41 Å². The van der Waals surface area contributed by atoms with Crippen LogP contribution < -0.4 is 5.32 Å². The van der Waals surface area contributed by atoms with E-state index in [2.05, 4.69) is 62.5 Å². The van der Waals surface area contributed by atoms with Gasteiger partial charge in [-0.05, 0) is 23.5 Å². The molecular formula is C16H21N. The first kappa shape index (κ1) is 12.0. The van der Waals surface area contributed by atoms with Crippen molar-refractivity contribution in [1.29, 1.82) is 0 Å². The predicted molar refractivity (Wildman–Crippen MR) is 74.6 cm³/mol. The van der Waals surface area contributed by atoms with Crippen molar-refractivity contribution >= 4 is 5.70 Å². The second kappa shape index (κ2) is 4.79. The zero-order valence-corrected chi connectivity index (χ0v) is 11.0. The highest BCUT2D eigenvalue weighted by molar-refractivity contribution is 5.67. The number of hydrogen-bond donors (Lipinski definition) is 1. The van der Waals surface area contributed by atoms with Crippen molar-refractivity contribution in [2.75, 3.05) is 6.54 Å². The van der Waals surface area contributed by atoms with E-state index >= 15 is 0 Å². The number of rotatable bonds is 2. The van der Waals surface area contributed by atoms with Crippen LogP contribution in [0.2, 0.25) is 0 Å². The fourth-order valence-electron chi connectivity index (χ4n) is 2.15. The fraction of sp³-hybridized carbons (Fsp3) is 0.375. The molecule has 1 heteroatoms. The van der Waals surface area contributed by atoms with Crippen molar-refractivity contribution in [2.24, 2.45) is 5.41 Å². The second-order valence-corrected chi connectivity index (χ2v) is 5.86. The molecule has 0 fully saturated rings. The summed E-state index contributed by atoms with van der Waals surface area (Å²) in [5.41, 5.74) is 4.34. The van der Waals surface area contributed by atoms with Gasteiger partial charge in [-0.1, -0.05) is 62.8 Å². The molecule has 1 aromatic rings. The molecule has 0 saturated carbocycles. The van der Waals surface area contributed by atoms with Gasteiger partial charge in [-0.15, -0.1) is 0 Å². The molecule has 0 amide bonds. The van der Waals surface area contributed by atoms with E-state index in [9.17, 15) is 0 Å². The average molecular weight is 227 g/mol. The zero-order valence-electron chi connectivity index (χ0n) is 11.0. The van der Waals surface area contributed by atoms with Crippen molar-refractivity contribution in [3.63, 3.8) is 0 Å². The second-order valence-electron chi connectivity index (χ2n) is 5.86. The molecule has 1 aromatic carbocycles. The smallest absolute Gasteiger partial charge is 0.0416 e. The first-order valence-corrected chi connectivity index (χ1v) is 6.24. The van der Waals surface area contributed by atoms with E-state index in [4.69, 9.17) is 0 Å². The summed E-state index contributed by atoms with van der Waals surface area (Å²) in [5.74, 6) is 0. The molecular weight excluding hydrogens is 206 g/mol. The normalized spacial score (nSPS) is 15.9. The molecule has 1 nitrogen and oxygen atoms in total. The average Bonchev–Trinajstić information content (AvgIpc) is 2.29. The largest absolute Gasteiger partial charge is 0.381 e. The molecule has 0 saturated heterocycles. The van der Waals surface area contributed by atoms with Gasteiger partial charge < -0.3 is 5.32 Å². The number of benzene rings is 1. The van der Waals surface area contributed by atoms with Gasteiger partial charge in [0.15, 0.2) is 0 Å². The molecule has 0 atom stereocenters. The SMILES string of the molecule is CC(C)(C)CC1=CC=C(c2ccccc2)NC1. The third-order valence-electron chi connectivity index (χ3n) is 2.83. The Labute approximate surface area is 104 Å². The van der Waals surface area contributed by atoms with Gasteiger partial charge in [-0.25, -0.2) is 0 Å². The molecule has 0 aromatic heterocycles. The Morgan fingerprint density at radius 2 is 1.76 bits per heavy atom. The van der Waals surface area contributed by atoms with Gasteiger partial charge in [0, 0.05) is 12.2 Å². The molecule has 0 bridgehead atoms. The van der Waals surface area contributed by atoms with Gasteiger partial charge >= 0.3 is 0 Å². The van der Waals surface area contributed by atoms with Crippen LogP contribution in [0.5, 0.6) is 0 Å². The molecule has 0 unspecified atom stereocenters. The molecule has 0 aliphatic carbocycles. The van der Waals surface area contributed by atoms with Crippen molar-refractivity contribution in [3.8, 4) is 0 Å². The highest BCUT2D eigenvalue weighted by Gasteiger charge is 2.15. The third kappa shape index (κ3) is 3.48. The van der Waals surface area contributed by atoms with Crippen LogP contribution in [0.1, 0.15) is 32.8 Å². The van der Waals surface area contributed by atoms with Crippen molar-refractivity contribution in [3.05, 3.63) is 53.6 Å². The molecule has 1 aliphatic heterocycles. The molecule has 90 valence electrons. The summed E-state index contributed by atoms with van der Waals surface area (Å²) in [4.78, 5) is 0. The van der Waals surface area contributed by atoms with Crippen LogP contribution in [0.3, 0.4) is 0 Å². The fourth-order valence-corrected chi connectivity index (χ4v) is 2.15. The summed E-state index contributed by atoms with van der Waals surface area (Å²) in [6.45, 7) is 7.82. The standard InChI is InChI=1S/C16H21N/c1-16(2,3)11-13-9-10-15(17-12-13)14-7-5-4-6-8-14/h4-10,17H,11-12H2,1-3H3. The number of allylic oxidation sites excluding steroid dienone is 2. The van der Waals surface area contributed by atoms with Gasteiger partial charge in [0.05, 0.1) is 0 Å². The van der Waals surface area contributed by atoms with E-state index in [1.165, 1.54) is 16.8 Å². The molecule has 0 spiro atoms. The first-order chi connectivity index (χ1) is 8.04. The van der Waals surface area contributed by atoms with Crippen LogP contribution in [0.4, 0.5) is 0 Å². The van der Waals surface area contributed by atoms with E-state index in [-0.39, 0.29) is 0 Å². The Morgan fingerprint density at radius 3 is 2.29 bits per heavy atom. The van der Waals surface area contributed by atoms with Crippen LogP contribution in [-0.4, -0.2) is 6.54 Å². The zero-order chi connectivity index (χ0) is 12.3. The van der Waals surface area contributed by atoms with E-state index in [0.29, 0.717) is 5.41 Å². The van der Waals surface area contributed by atoms with Crippen LogP contribution >= 0.6 is 0 Å². The van der Waals surface area contributed by atoms with Crippen molar-refractivity contribution < 1.29 is 0 Å². The van der Waals surface area contributed by atoms with Crippen molar-refractivity contribution in [1.82, 2.24) is 5.32 Å². The minimum atomic E-state index is 0.367. The van der Waals surface area contributed by atoms with Gasteiger partial charge in [0.2, 0.25) is 0 Å². The highest BCUT2D eigenvalue weighted by atomic mass is 14.9. The van der Waals surface area contributed by atoms with E-state index < -0.39 is 0 Å². The summed E-state index contributed by atoms with van der Waals surface area (Å²) in [6.07, 6.45) is 5.61. The van der Waals surface area contributed by atoms with E-state index in [0.717, 1.165) is 13.0 Å². The number of nitrogens with one attached hydrogen (secondary N) is 1. The Balaban J connectivity index is 2.11. The third-order valence-corrected chi connectivity index (χ3v) is 2.83. The maximum atomic E-state index is 3.50. The minimum absolute atomic E-state index is 0.367. The quantitative estimate of drug-likeness (QED) is 0.805. The van der Waals surface area contributed by atoms with Gasteiger partial charge in [-0.3, -0.25) is 0 Å². The lowest BCUT2D eigenvalue weighted by atomic mass is 9.87. The Morgan fingerprint density at radius 1 is 1.06 bits per heavy atom. The topological polar surface area (TPSA) is 12.0 Å². The summed E-state index contributed by atoms with van der Waals surface area (Å²) >= 11 is 0. The summed E-state index contributed by atoms with van der Waals surface area (Å²) in [7, 11) is 0.